The van der Waals surface area contributed by atoms with E-state index in [2.05, 4.69) is 19.1 Å². The molecule has 0 aromatic heterocycles. The van der Waals surface area contributed by atoms with E-state index in [1.807, 2.05) is 18.2 Å². The highest BCUT2D eigenvalue weighted by molar-refractivity contribution is 7.84. The van der Waals surface area contributed by atoms with E-state index in [9.17, 15) is 19.2 Å². The molecule has 1 spiro atoms. The van der Waals surface area contributed by atoms with E-state index in [1.165, 1.54) is 16.7 Å². The lowest BCUT2D eigenvalue weighted by molar-refractivity contribution is -0.128. The molecule has 3 saturated carbocycles. The fraction of sp³-hybridized carbons (Fsp3) is 0.621. The molecule has 0 amide bonds. The summed E-state index contributed by atoms with van der Waals surface area (Å²) in [6.07, 6.45) is 14.6. The number of aliphatic hydroxyl groups excluding tert-OH is 1. The molecule has 0 radical (unpaired) electrons. The number of carbonyl (C=O) groups is 1. The topological polar surface area (TPSA) is 74.6 Å². The molecule has 4 nitrogen and oxygen atoms in total. The van der Waals surface area contributed by atoms with Crippen LogP contribution in [0.4, 0.5) is 0 Å². The number of aliphatic hydroxyl groups is 2. The molecule has 1 aromatic carbocycles. The van der Waals surface area contributed by atoms with E-state index in [4.69, 9.17) is 0 Å². The van der Waals surface area contributed by atoms with Crippen LogP contribution in [0, 0.1) is 28.6 Å². The van der Waals surface area contributed by atoms with Crippen molar-refractivity contribution >= 4 is 16.6 Å². The lowest BCUT2D eigenvalue weighted by Crippen LogP contribution is -2.59. The molecule has 1 aromatic rings. The summed E-state index contributed by atoms with van der Waals surface area (Å²) in [5.74, 6) is 2.06. The second kappa shape index (κ2) is 7.72. The summed E-state index contributed by atoms with van der Waals surface area (Å²) in [6.45, 7) is 2.23. The van der Waals surface area contributed by atoms with Crippen LogP contribution < -0.4 is 0 Å². The number of rotatable bonds is 3. The van der Waals surface area contributed by atoms with Gasteiger partial charge in [-0.2, -0.15) is 0 Å². The van der Waals surface area contributed by atoms with Gasteiger partial charge in [-0.15, -0.1) is 0 Å². The molecule has 8 atom stereocenters. The molecule has 5 aliphatic carbocycles. The van der Waals surface area contributed by atoms with E-state index in [1.54, 1.807) is 12.3 Å². The van der Waals surface area contributed by atoms with Crippen molar-refractivity contribution in [3.63, 3.8) is 0 Å². The Bertz CT molecular complexity index is 1140. The zero-order valence-electron chi connectivity index (χ0n) is 20.3. The largest absolute Gasteiger partial charge is 0.392 e. The van der Waals surface area contributed by atoms with Gasteiger partial charge in [-0.05, 0) is 103 Å². The van der Waals surface area contributed by atoms with E-state index >= 15 is 0 Å². The summed E-state index contributed by atoms with van der Waals surface area (Å²) in [4.78, 5) is 13.3. The molecule has 34 heavy (non-hydrogen) atoms. The van der Waals surface area contributed by atoms with E-state index in [0.29, 0.717) is 30.1 Å². The second-order valence-corrected chi connectivity index (χ2v) is 13.3. The summed E-state index contributed by atoms with van der Waals surface area (Å²) in [6, 6.07) is 6.41. The van der Waals surface area contributed by atoms with Gasteiger partial charge in [0.2, 0.25) is 0 Å². The first-order valence-electron chi connectivity index (χ1n) is 12.9. The van der Waals surface area contributed by atoms with Crippen LogP contribution in [0.5, 0.6) is 0 Å². The average Bonchev–Trinajstić information content (AvgIpc) is 3.08. The minimum absolute atomic E-state index is 0.0192. The van der Waals surface area contributed by atoms with Crippen LogP contribution in [-0.2, 0) is 22.0 Å². The summed E-state index contributed by atoms with van der Waals surface area (Å²) in [5, 5.41) is 21.3. The predicted octanol–water partition coefficient (Wildman–Crippen LogP) is 4.47. The molecule has 182 valence electrons. The Morgan fingerprint density at radius 1 is 1.21 bits per heavy atom. The standard InChI is InChI=1S/C29H36O4S/c1-27-17-24-22-7-5-21(34(2)33)14-18(22)16-28-11-8-20(31)15-19(28)4-6-23(26(24)28)25(27)9-12-29(27,32)10-3-13-30/h3,5,7,10,14-15,23-26,30,32H,4,6,8-9,11-13,16-17H2,1-2H3/b10-3-/t23-,24?,25-,26?,27-,28+,29-,34?/m0/s1. The zero-order chi connectivity index (χ0) is 23.9. The maximum absolute atomic E-state index is 12.5. The van der Waals surface area contributed by atoms with Gasteiger partial charge in [-0.25, -0.2) is 0 Å². The van der Waals surface area contributed by atoms with Crippen LogP contribution >= 0.6 is 0 Å². The van der Waals surface area contributed by atoms with Gasteiger partial charge in [0, 0.05) is 33.8 Å². The van der Waals surface area contributed by atoms with Gasteiger partial charge in [-0.1, -0.05) is 30.7 Å². The van der Waals surface area contributed by atoms with Crippen molar-refractivity contribution in [3.05, 3.63) is 53.1 Å². The fourth-order valence-electron chi connectivity index (χ4n) is 9.32. The smallest absolute Gasteiger partial charge is 0.155 e. The van der Waals surface area contributed by atoms with Crippen molar-refractivity contribution in [2.75, 3.05) is 12.9 Å². The minimum atomic E-state index is -1.03. The van der Waals surface area contributed by atoms with Gasteiger partial charge in [0.1, 0.15) is 0 Å². The van der Waals surface area contributed by atoms with Gasteiger partial charge >= 0.3 is 0 Å². The van der Waals surface area contributed by atoms with Crippen LogP contribution in [0.25, 0.3) is 0 Å². The molecular formula is C29H36O4S. The highest BCUT2D eigenvalue weighted by atomic mass is 32.2. The highest BCUT2D eigenvalue weighted by Crippen LogP contribution is 2.73. The molecule has 0 bridgehead atoms. The van der Waals surface area contributed by atoms with Crippen molar-refractivity contribution in [1.82, 2.24) is 0 Å². The average molecular weight is 481 g/mol. The number of allylic oxidation sites excluding steroid dienone is 1. The quantitative estimate of drug-likeness (QED) is 0.626. The Morgan fingerprint density at radius 3 is 2.79 bits per heavy atom. The highest BCUT2D eigenvalue weighted by Gasteiger charge is 2.67. The fourth-order valence-corrected chi connectivity index (χ4v) is 9.89. The third kappa shape index (κ3) is 2.96. The first kappa shape index (κ1) is 22.9. The van der Waals surface area contributed by atoms with Crippen LogP contribution in [0.15, 0.2) is 46.9 Å². The number of hydrogen-bond donors (Lipinski definition) is 2. The van der Waals surface area contributed by atoms with E-state index in [-0.39, 0.29) is 23.2 Å². The van der Waals surface area contributed by atoms with Crippen LogP contribution in [0.2, 0.25) is 0 Å². The first-order chi connectivity index (χ1) is 16.2. The second-order valence-electron chi connectivity index (χ2n) is 11.9. The predicted molar refractivity (Wildman–Crippen MR) is 133 cm³/mol. The van der Waals surface area contributed by atoms with Crippen molar-refractivity contribution in [1.29, 1.82) is 0 Å². The molecule has 6 rings (SSSR count). The maximum Gasteiger partial charge on any atom is 0.155 e. The molecule has 2 N–H and O–H groups in total. The Balaban J connectivity index is 1.54. The normalized spacial score (nSPS) is 43.5. The Hall–Kier alpha value is -1.56. The summed E-state index contributed by atoms with van der Waals surface area (Å²) < 4.78 is 12.3. The van der Waals surface area contributed by atoms with Gasteiger partial charge in [0.15, 0.2) is 5.78 Å². The van der Waals surface area contributed by atoms with E-state index < -0.39 is 16.4 Å². The molecule has 0 heterocycles. The third-order valence-electron chi connectivity index (χ3n) is 10.7. The lowest BCUT2D eigenvalue weighted by Gasteiger charge is -2.64. The van der Waals surface area contributed by atoms with Crippen LogP contribution in [-0.4, -0.2) is 38.7 Å². The van der Waals surface area contributed by atoms with Gasteiger partial charge < -0.3 is 10.2 Å². The van der Waals surface area contributed by atoms with E-state index in [0.717, 1.165) is 49.8 Å². The Morgan fingerprint density at radius 2 is 2.03 bits per heavy atom. The third-order valence-corrected chi connectivity index (χ3v) is 11.6. The van der Waals surface area contributed by atoms with Crippen molar-refractivity contribution < 1.29 is 19.2 Å². The molecule has 5 heteroatoms. The molecule has 0 saturated heterocycles. The minimum Gasteiger partial charge on any atom is -0.392 e. The Kier molecular flexibility index (Phi) is 5.19. The van der Waals surface area contributed by atoms with Crippen molar-refractivity contribution in [2.45, 2.75) is 74.7 Å². The number of hydrogen-bond acceptors (Lipinski definition) is 4. The van der Waals surface area contributed by atoms with Gasteiger partial charge in [0.05, 0.1) is 12.2 Å². The number of fused-ring (bicyclic) bond motifs is 4. The zero-order valence-corrected chi connectivity index (χ0v) is 21.1. The van der Waals surface area contributed by atoms with Crippen LogP contribution in [0.3, 0.4) is 0 Å². The van der Waals surface area contributed by atoms with Gasteiger partial charge in [-0.3, -0.25) is 9.00 Å². The number of benzene rings is 1. The summed E-state index contributed by atoms with van der Waals surface area (Å²) >= 11 is 0. The molecule has 3 fully saturated rings. The van der Waals surface area contributed by atoms with Gasteiger partial charge in [0.25, 0.3) is 0 Å². The molecule has 0 aliphatic heterocycles. The summed E-state index contributed by atoms with van der Waals surface area (Å²) in [7, 11) is -1.03. The van der Waals surface area contributed by atoms with Crippen LogP contribution in [0.1, 0.15) is 68.9 Å². The SMILES string of the molecule is CS(=O)c1ccc2c(c1)C[C@]13CCC(=O)C=C1CC[C@@H]1C3C2C[C@@]2(C)[C@H]1CC[C@@]2(O)/C=C\CO. The molecular weight excluding hydrogens is 444 g/mol. The maximum atomic E-state index is 12.5. The number of ketones is 1. The lowest BCUT2D eigenvalue weighted by atomic mass is 9.39. The van der Waals surface area contributed by atoms with Crippen molar-refractivity contribution in [3.8, 4) is 0 Å². The Labute approximate surface area is 205 Å². The molecule has 3 unspecified atom stereocenters. The van der Waals surface area contributed by atoms with Crippen molar-refractivity contribution in [2.24, 2.45) is 28.6 Å². The summed E-state index contributed by atoms with van der Waals surface area (Å²) in [5.41, 5.74) is 2.89. The molecule has 5 aliphatic rings. The monoisotopic (exact) mass is 480 g/mol. The first-order valence-corrected chi connectivity index (χ1v) is 14.5. The number of carbonyl (C=O) groups excluding carboxylic acids is 1.